The Morgan fingerprint density at radius 2 is 2.14 bits per heavy atom. The predicted octanol–water partition coefficient (Wildman–Crippen LogP) is 3.82. The summed E-state index contributed by atoms with van der Waals surface area (Å²) in [5.41, 5.74) is 0.365. The molecule has 1 aliphatic carbocycles. The minimum atomic E-state index is 0.332. The number of hydrogen-bond acceptors (Lipinski definition) is 1. The molecule has 82 valence electrons. The summed E-state index contributed by atoms with van der Waals surface area (Å²) in [4.78, 5) is 11.0. The summed E-state index contributed by atoms with van der Waals surface area (Å²) in [5.74, 6) is 1.15. The third-order valence-electron chi connectivity index (χ3n) is 4.08. The molecule has 0 amide bonds. The van der Waals surface area contributed by atoms with Crippen molar-refractivity contribution in [2.24, 2.45) is 17.3 Å². The second-order valence-electron chi connectivity index (χ2n) is 5.05. The van der Waals surface area contributed by atoms with Crippen molar-refractivity contribution in [3.63, 3.8) is 0 Å². The zero-order valence-electron chi connectivity index (χ0n) is 9.88. The molecule has 0 aromatic carbocycles. The number of aldehydes is 1. The maximum atomic E-state index is 11.0. The van der Waals surface area contributed by atoms with Gasteiger partial charge in [-0.1, -0.05) is 46.5 Å². The van der Waals surface area contributed by atoms with Crippen molar-refractivity contribution in [2.45, 2.75) is 59.3 Å². The van der Waals surface area contributed by atoms with E-state index in [9.17, 15) is 4.79 Å². The minimum absolute atomic E-state index is 0.332. The molecule has 1 rings (SSSR count). The van der Waals surface area contributed by atoms with Gasteiger partial charge in [-0.2, -0.15) is 0 Å². The van der Waals surface area contributed by atoms with E-state index in [4.69, 9.17) is 0 Å². The van der Waals surface area contributed by atoms with Gasteiger partial charge in [0.05, 0.1) is 0 Å². The highest BCUT2D eigenvalue weighted by molar-refractivity contribution is 5.56. The summed E-state index contributed by atoms with van der Waals surface area (Å²) < 4.78 is 0. The Bertz CT molecular complexity index is 188. The van der Waals surface area contributed by atoms with Crippen molar-refractivity contribution in [3.05, 3.63) is 0 Å². The normalized spacial score (nSPS) is 32.6. The van der Waals surface area contributed by atoms with E-state index in [0.717, 1.165) is 12.3 Å². The van der Waals surface area contributed by atoms with E-state index in [1.54, 1.807) is 0 Å². The Labute approximate surface area is 88.3 Å². The molecular formula is C13H24O. The summed E-state index contributed by atoms with van der Waals surface area (Å²) in [6.45, 7) is 6.75. The molecule has 14 heavy (non-hydrogen) atoms. The van der Waals surface area contributed by atoms with Gasteiger partial charge in [-0.3, -0.25) is 0 Å². The second kappa shape index (κ2) is 4.95. The van der Waals surface area contributed by atoms with E-state index in [2.05, 4.69) is 20.8 Å². The zero-order chi connectivity index (χ0) is 10.6. The van der Waals surface area contributed by atoms with Gasteiger partial charge < -0.3 is 4.79 Å². The number of carbonyl (C=O) groups is 1. The molecule has 3 unspecified atom stereocenters. The molecule has 1 nitrogen and oxygen atoms in total. The van der Waals surface area contributed by atoms with Gasteiger partial charge in [0.25, 0.3) is 0 Å². The number of hydrogen-bond donors (Lipinski definition) is 0. The van der Waals surface area contributed by atoms with Crippen LogP contribution in [0, 0.1) is 17.3 Å². The Morgan fingerprint density at radius 1 is 1.43 bits per heavy atom. The largest absolute Gasteiger partial charge is 0.303 e. The third-order valence-corrected chi connectivity index (χ3v) is 4.08. The Hall–Kier alpha value is -0.330. The van der Waals surface area contributed by atoms with Gasteiger partial charge in [-0.05, 0) is 24.2 Å². The van der Waals surface area contributed by atoms with E-state index in [0.29, 0.717) is 11.3 Å². The lowest BCUT2D eigenvalue weighted by molar-refractivity contribution is -0.113. The van der Waals surface area contributed by atoms with E-state index in [1.165, 1.54) is 38.4 Å². The number of carbonyl (C=O) groups excluding carboxylic acids is 1. The summed E-state index contributed by atoms with van der Waals surface area (Å²) in [5, 5.41) is 0. The standard InChI is InChI=1S/C13H24O/c1-4-6-7-8-12(10-14)13(3)9-11(13)5-2/h10-12H,4-9H2,1-3H3. The highest BCUT2D eigenvalue weighted by Crippen LogP contribution is 2.59. The Morgan fingerprint density at radius 3 is 2.57 bits per heavy atom. The number of rotatable bonds is 7. The Kier molecular flexibility index (Phi) is 4.15. The van der Waals surface area contributed by atoms with Crippen molar-refractivity contribution >= 4 is 6.29 Å². The second-order valence-corrected chi connectivity index (χ2v) is 5.05. The molecule has 1 aliphatic rings. The van der Waals surface area contributed by atoms with Gasteiger partial charge in [-0.25, -0.2) is 0 Å². The molecule has 0 bridgehead atoms. The van der Waals surface area contributed by atoms with Crippen molar-refractivity contribution in [3.8, 4) is 0 Å². The van der Waals surface area contributed by atoms with Gasteiger partial charge in [0, 0.05) is 5.92 Å². The zero-order valence-corrected chi connectivity index (χ0v) is 9.88. The maximum Gasteiger partial charge on any atom is 0.123 e. The molecular weight excluding hydrogens is 172 g/mol. The van der Waals surface area contributed by atoms with Crippen LogP contribution in [0.25, 0.3) is 0 Å². The van der Waals surface area contributed by atoms with E-state index >= 15 is 0 Å². The van der Waals surface area contributed by atoms with Crippen LogP contribution in [0.4, 0.5) is 0 Å². The summed E-state index contributed by atoms with van der Waals surface area (Å²) >= 11 is 0. The molecule has 0 radical (unpaired) electrons. The van der Waals surface area contributed by atoms with Crippen LogP contribution in [0.3, 0.4) is 0 Å². The molecule has 0 spiro atoms. The van der Waals surface area contributed by atoms with Crippen molar-refractivity contribution in [1.82, 2.24) is 0 Å². The van der Waals surface area contributed by atoms with Crippen molar-refractivity contribution in [1.29, 1.82) is 0 Å². The molecule has 0 saturated heterocycles. The van der Waals surface area contributed by atoms with Crippen LogP contribution in [-0.4, -0.2) is 6.29 Å². The molecule has 0 heterocycles. The van der Waals surface area contributed by atoms with Gasteiger partial charge in [-0.15, -0.1) is 0 Å². The van der Waals surface area contributed by atoms with Crippen molar-refractivity contribution in [2.75, 3.05) is 0 Å². The van der Waals surface area contributed by atoms with Gasteiger partial charge in [0.1, 0.15) is 6.29 Å². The van der Waals surface area contributed by atoms with Crippen LogP contribution < -0.4 is 0 Å². The summed E-state index contributed by atoms with van der Waals surface area (Å²) in [6.07, 6.45) is 8.60. The highest BCUT2D eigenvalue weighted by atomic mass is 16.1. The minimum Gasteiger partial charge on any atom is -0.303 e. The summed E-state index contributed by atoms with van der Waals surface area (Å²) in [7, 11) is 0. The lowest BCUT2D eigenvalue weighted by atomic mass is 9.85. The lowest BCUT2D eigenvalue weighted by Gasteiger charge is -2.18. The first-order valence-electron chi connectivity index (χ1n) is 6.14. The summed E-state index contributed by atoms with van der Waals surface area (Å²) in [6, 6.07) is 0. The topological polar surface area (TPSA) is 17.1 Å². The average Bonchev–Trinajstić information content (AvgIpc) is 2.86. The molecule has 0 aromatic rings. The smallest absolute Gasteiger partial charge is 0.123 e. The highest BCUT2D eigenvalue weighted by Gasteiger charge is 2.53. The Balaban J connectivity index is 2.35. The van der Waals surface area contributed by atoms with Crippen molar-refractivity contribution < 1.29 is 4.79 Å². The molecule has 1 fully saturated rings. The van der Waals surface area contributed by atoms with Gasteiger partial charge in [0.2, 0.25) is 0 Å². The fraction of sp³-hybridized carbons (Fsp3) is 0.923. The first-order chi connectivity index (χ1) is 6.69. The van der Waals surface area contributed by atoms with E-state index in [-0.39, 0.29) is 0 Å². The van der Waals surface area contributed by atoms with Crippen LogP contribution >= 0.6 is 0 Å². The molecule has 0 aliphatic heterocycles. The van der Waals surface area contributed by atoms with E-state index < -0.39 is 0 Å². The number of unbranched alkanes of at least 4 members (excludes halogenated alkanes) is 2. The van der Waals surface area contributed by atoms with E-state index in [1.807, 2.05) is 0 Å². The fourth-order valence-corrected chi connectivity index (χ4v) is 2.70. The van der Waals surface area contributed by atoms with Crippen LogP contribution in [0.1, 0.15) is 59.3 Å². The van der Waals surface area contributed by atoms with Gasteiger partial charge in [0.15, 0.2) is 0 Å². The lowest BCUT2D eigenvalue weighted by Crippen LogP contribution is -2.16. The molecule has 3 atom stereocenters. The molecule has 0 N–H and O–H groups in total. The third kappa shape index (κ3) is 2.37. The van der Waals surface area contributed by atoms with Crippen LogP contribution in [0.15, 0.2) is 0 Å². The molecule has 1 heteroatoms. The van der Waals surface area contributed by atoms with Crippen LogP contribution in [0.5, 0.6) is 0 Å². The first-order valence-corrected chi connectivity index (χ1v) is 6.14. The quantitative estimate of drug-likeness (QED) is 0.447. The van der Waals surface area contributed by atoms with Crippen LogP contribution in [-0.2, 0) is 4.79 Å². The van der Waals surface area contributed by atoms with Crippen LogP contribution in [0.2, 0.25) is 0 Å². The van der Waals surface area contributed by atoms with Gasteiger partial charge >= 0.3 is 0 Å². The predicted molar refractivity (Wildman–Crippen MR) is 60.2 cm³/mol. The average molecular weight is 196 g/mol. The monoisotopic (exact) mass is 196 g/mol. The SMILES string of the molecule is CCCCCC(C=O)C1(C)CC1CC. The molecule has 1 saturated carbocycles. The maximum absolute atomic E-state index is 11.0. The fourth-order valence-electron chi connectivity index (χ4n) is 2.70. The molecule has 0 aromatic heterocycles. The first kappa shape index (κ1) is 11.7.